The summed E-state index contributed by atoms with van der Waals surface area (Å²) in [4.78, 5) is 0. The largest absolute Gasteiger partial charge is 0.496 e. The van der Waals surface area contributed by atoms with Crippen molar-refractivity contribution in [3.05, 3.63) is 27.3 Å². The molecule has 0 fully saturated rings. The number of hydrogen-bond acceptors (Lipinski definition) is 2. The van der Waals surface area contributed by atoms with Gasteiger partial charge >= 0.3 is 0 Å². The van der Waals surface area contributed by atoms with E-state index in [1.54, 1.807) is 14.0 Å². The first-order chi connectivity index (χ1) is 6.91. The van der Waals surface area contributed by atoms with Gasteiger partial charge in [0, 0.05) is 10.6 Å². The van der Waals surface area contributed by atoms with Gasteiger partial charge in [0.15, 0.2) is 0 Å². The van der Waals surface area contributed by atoms with Crippen molar-refractivity contribution < 1.29 is 9.84 Å². The summed E-state index contributed by atoms with van der Waals surface area (Å²) in [6.07, 6.45) is -0.572. The highest BCUT2D eigenvalue weighted by molar-refractivity contribution is 6.32. The molecule has 3 heteroatoms. The summed E-state index contributed by atoms with van der Waals surface area (Å²) in [6, 6.07) is 0. The lowest BCUT2D eigenvalue weighted by Gasteiger charge is -2.20. The highest BCUT2D eigenvalue weighted by Gasteiger charge is 2.19. The molecule has 0 aliphatic rings. The molecule has 1 N–H and O–H groups in total. The van der Waals surface area contributed by atoms with E-state index in [1.807, 2.05) is 20.8 Å². The number of benzene rings is 1. The monoisotopic (exact) mass is 228 g/mol. The van der Waals surface area contributed by atoms with Crippen LogP contribution < -0.4 is 4.74 Å². The maximum Gasteiger partial charge on any atom is 0.128 e. The van der Waals surface area contributed by atoms with E-state index in [4.69, 9.17) is 16.3 Å². The van der Waals surface area contributed by atoms with Crippen LogP contribution in [0.25, 0.3) is 0 Å². The minimum Gasteiger partial charge on any atom is -0.496 e. The number of aliphatic hydroxyl groups excluding tert-OH is 1. The maximum atomic E-state index is 9.72. The van der Waals surface area contributed by atoms with Crippen molar-refractivity contribution in [2.45, 2.75) is 33.8 Å². The average molecular weight is 229 g/mol. The first-order valence-corrected chi connectivity index (χ1v) is 5.30. The highest BCUT2D eigenvalue weighted by Crippen LogP contribution is 2.38. The number of rotatable bonds is 2. The molecule has 0 heterocycles. The van der Waals surface area contributed by atoms with Gasteiger partial charge in [-0.3, -0.25) is 0 Å². The Hall–Kier alpha value is -0.730. The predicted molar refractivity (Wildman–Crippen MR) is 62.8 cm³/mol. The second kappa shape index (κ2) is 4.42. The van der Waals surface area contributed by atoms with E-state index in [-0.39, 0.29) is 0 Å². The normalized spacial score (nSPS) is 12.7. The zero-order chi connectivity index (χ0) is 11.7. The summed E-state index contributed by atoms with van der Waals surface area (Å²) in [6.45, 7) is 7.53. The third kappa shape index (κ3) is 1.97. The molecule has 1 aromatic carbocycles. The summed E-state index contributed by atoms with van der Waals surface area (Å²) >= 11 is 6.19. The van der Waals surface area contributed by atoms with Gasteiger partial charge in [-0.25, -0.2) is 0 Å². The Bertz CT molecular complexity index is 384. The Morgan fingerprint density at radius 1 is 1.13 bits per heavy atom. The van der Waals surface area contributed by atoms with Crippen LogP contribution in [0.15, 0.2) is 0 Å². The number of halogens is 1. The SMILES string of the molecule is COc1c(C)c(C)c(Cl)c(C)c1C(C)O. The Balaban J connectivity index is 3.62. The maximum absolute atomic E-state index is 9.72. The predicted octanol–water partition coefficient (Wildman–Crippen LogP) is 3.33. The number of ether oxygens (including phenoxy) is 1. The van der Waals surface area contributed by atoms with Crippen molar-refractivity contribution in [1.29, 1.82) is 0 Å². The van der Waals surface area contributed by atoms with Gasteiger partial charge < -0.3 is 9.84 Å². The molecule has 0 aromatic heterocycles. The van der Waals surface area contributed by atoms with E-state index >= 15 is 0 Å². The summed E-state index contributed by atoms with van der Waals surface area (Å²) in [5.41, 5.74) is 3.68. The lowest BCUT2D eigenvalue weighted by atomic mass is 9.96. The van der Waals surface area contributed by atoms with Gasteiger partial charge in [-0.05, 0) is 44.4 Å². The minimum absolute atomic E-state index is 0.572. The molecule has 0 aliphatic heterocycles. The summed E-state index contributed by atoms with van der Waals surface area (Å²) in [5, 5.41) is 10.4. The smallest absolute Gasteiger partial charge is 0.128 e. The Kier molecular flexibility index (Phi) is 3.63. The van der Waals surface area contributed by atoms with Gasteiger partial charge in [0.25, 0.3) is 0 Å². The first kappa shape index (κ1) is 12.3. The molecule has 0 bridgehead atoms. The molecule has 0 saturated carbocycles. The van der Waals surface area contributed by atoms with Crippen LogP contribution in [0.4, 0.5) is 0 Å². The summed E-state index contributed by atoms with van der Waals surface area (Å²) < 4.78 is 5.34. The molecular weight excluding hydrogens is 212 g/mol. The molecule has 1 aromatic rings. The van der Waals surface area contributed by atoms with Crippen molar-refractivity contribution in [3.63, 3.8) is 0 Å². The lowest BCUT2D eigenvalue weighted by Crippen LogP contribution is -2.04. The third-order valence-corrected chi connectivity index (χ3v) is 3.40. The Labute approximate surface area is 95.8 Å². The van der Waals surface area contributed by atoms with Crippen LogP contribution in [0.2, 0.25) is 5.02 Å². The van der Waals surface area contributed by atoms with Gasteiger partial charge in [0.1, 0.15) is 5.75 Å². The van der Waals surface area contributed by atoms with Crippen LogP contribution in [-0.2, 0) is 0 Å². The molecule has 15 heavy (non-hydrogen) atoms. The molecule has 0 spiro atoms. The van der Waals surface area contributed by atoms with Crippen LogP contribution in [0.1, 0.15) is 35.3 Å². The molecule has 0 amide bonds. The molecule has 84 valence electrons. The van der Waals surface area contributed by atoms with Gasteiger partial charge in [0.2, 0.25) is 0 Å². The van der Waals surface area contributed by atoms with Gasteiger partial charge in [0.05, 0.1) is 13.2 Å². The van der Waals surface area contributed by atoms with Crippen LogP contribution in [0.5, 0.6) is 5.75 Å². The number of methoxy groups -OCH3 is 1. The van der Waals surface area contributed by atoms with Crippen LogP contribution in [-0.4, -0.2) is 12.2 Å². The van der Waals surface area contributed by atoms with Gasteiger partial charge in [-0.2, -0.15) is 0 Å². The van der Waals surface area contributed by atoms with Crippen molar-refractivity contribution in [3.8, 4) is 5.75 Å². The Morgan fingerprint density at radius 3 is 2.07 bits per heavy atom. The topological polar surface area (TPSA) is 29.5 Å². The van der Waals surface area contributed by atoms with Gasteiger partial charge in [-0.15, -0.1) is 0 Å². The van der Waals surface area contributed by atoms with Crippen molar-refractivity contribution in [2.75, 3.05) is 7.11 Å². The van der Waals surface area contributed by atoms with Crippen molar-refractivity contribution in [2.24, 2.45) is 0 Å². The zero-order valence-corrected chi connectivity index (χ0v) is 10.6. The van der Waals surface area contributed by atoms with Crippen LogP contribution in [0.3, 0.4) is 0 Å². The van der Waals surface area contributed by atoms with E-state index in [1.165, 1.54) is 0 Å². The van der Waals surface area contributed by atoms with E-state index in [2.05, 4.69) is 0 Å². The fraction of sp³-hybridized carbons (Fsp3) is 0.500. The molecular formula is C12H17ClO2. The van der Waals surface area contributed by atoms with Crippen LogP contribution >= 0.6 is 11.6 Å². The quantitative estimate of drug-likeness (QED) is 0.842. The first-order valence-electron chi connectivity index (χ1n) is 4.93. The minimum atomic E-state index is -0.572. The molecule has 1 atom stereocenters. The van der Waals surface area contributed by atoms with E-state index in [0.717, 1.165) is 28.0 Å². The molecule has 0 radical (unpaired) electrons. The number of aliphatic hydroxyl groups is 1. The fourth-order valence-electron chi connectivity index (χ4n) is 1.87. The standard InChI is InChI=1S/C12H17ClO2/c1-6-7(2)12(15-5)10(9(4)14)8(3)11(6)13/h9,14H,1-5H3. The molecule has 1 rings (SSSR count). The molecule has 1 unspecified atom stereocenters. The van der Waals surface area contributed by atoms with E-state index < -0.39 is 6.10 Å². The summed E-state index contributed by atoms with van der Waals surface area (Å²) in [7, 11) is 1.61. The van der Waals surface area contributed by atoms with Gasteiger partial charge in [-0.1, -0.05) is 11.6 Å². The van der Waals surface area contributed by atoms with Crippen molar-refractivity contribution in [1.82, 2.24) is 0 Å². The second-order valence-corrected chi connectivity index (χ2v) is 4.19. The van der Waals surface area contributed by atoms with E-state index in [0.29, 0.717) is 5.02 Å². The fourth-order valence-corrected chi connectivity index (χ4v) is 2.12. The molecule has 0 aliphatic carbocycles. The number of hydrogen-bond donors (Lipinski definition) is 1. The highest BCUT2D eigenvalue weighted by atomic mass is 35.5. The van der Waals surface area contributed by atoms with Crippen molar-refractivity contribution >= 4 is 11.6 Å². The zero-order valence-electron chi connectivity index (χ0n) is 9.81. The summed E-state index contributed by atoms with van der Waals surface area (Å²) in [5.74, 6) is 0.740. The second-order valence-electron chi connectivity index (χ2n) is 3.81. The molecule has 2 nitrogen and oxygen atoms in total. The third-order valence-electron chi connectivity index (χ3n) is 2.83. The van der Waals surface area contributed by atoms with E-state index in [9.17, 15) is 5.11 Å². The average Bonchev–Trinajstić information content (AvgIpc) is 2.19. The Morgan fingerprint density at radius 2 is 1.67 bits per heavy atom. The molecule has 0 saturated heterocycles. The lowest BCUT2D eigenvalue weighted by molar-refractivity contribution is 0.193. The van der Waals surface area contributed by atoms with Crippen LogP contribution in [0, 0.1) is 20.8 Å².